The Morgan fingerprint density at radius 2 is 1.76 bits per heavy atom. The molecule has 0 aliphatic carbocycles. The number of benzene rings is 2. The van der Waals surface area contributed by atoms with E-state index in [9.17, 15) is 9.90 Å². The fraction of sp³-hybridized carbons (Fsp3) is 0.0714. The lowest BCUT2D eigenvalue weighted by atomic mass is 10.0. The Morgan fingerprint density at radius 3 is 2.65 bits per heavy atom. The number of carbonyl (C=O) groups is 1. The third kappa shape index (κ3) is 1.56. The van der Waals surface area contributed by atoms with Gasteiger partial charge in [0, 0.05) is 12.0 Å². The van der Waals surface area contributed by atoms with E-state index in [1.807, 2.05) is 24.3 Å². The molecule has 84 valence electrons. The van der Waals surface area contributed by atoms with E-state index in [4.69, 9.17) is 4.74 Å². The van der Waals surface area contributed by atoms with Crippen molar-refractivity contribution in [3.05, 3.63) is 53.6 Å². The van der Waals surface area contributed by atoms with Crippen molar-refractivity contribution in [3.63, 3.8) is 0 Å². The van der Waals surface area contributed by atoms with Crippen molar-refractivity contribution in [1.82, 2.24) is 0 Å². The van der Waals surface area contributed by atoms with Crippen LogP contribution in [-0.2, 0) is 6.42 Å². The summed E-state index contributed by atoms with van der Waals surface area (Å²) in [6, 6.07) is 12.3. The summed E-state index contributed by atoms with van der Waals surface area (Å²) in [6.07, 6.45) is 0.251. The monoisotopic (exact) mass is 226 g/mol. The molecule has 0 amide bonds. The van der Waals surface area contributed by atoms with E-state index in [2.05, 4.69) is 0 Å². The van der Waals surface area contributed by atoms with E-state index < -0.39 is 0 Å². The largest absolute Gasteiger partial charge is 0.507 e. The third-order valence-electron chi connectivity index (χ3n) is 2.83. The summed E-state index contributed by atoms with van der Waals surface area (Å²) in [5, 5.41) is 9.73. The van der Waals surface area contributed by atoms with Gasteiger partial charge in [-0.1, -0.05) is 24.3 Å². The average molecular weight is 226 g/mol. The average Bonchev–Trinajstić information content (AvgIpc) is 2.45. The van der Waals surface area contributed by atoms with E-state index in [1.54, 1.807) is 12.1 Å². The number of carbonyl (C=O) groups excluding carboxylic acids is 1. The van der Waals surface area contributed by atoms with Crippen LogP contribution >= 0.6 is 0 Å². The van der Waals surface area contributed by atoms with Crippen LogP contribution in [0.1, 0.15) is 15.9 Å². The maximum Gasteiger partial charge on any atom is 0.174 e. The zero-order valence-corrected chi connectivity index (χ0v) is 9.01. The van der Waals surface area contributed by atoms with Gasteiger partial charge in [0.25, 0.3) is 0 Å². The topological polar surface area (TPSA) is 46.5 Å². The smallest absolute Gasteiger partial charge is 0.174 e. The molecule has 1 heterocycles. The number of ketones is 1. The van der Waals surface area contributed by atoms with Crippen molar-refractivity contribution >= 4 is 5.78 Å². The normalized spacial score (nSPS) is 13.3. The molecule has 0 bridgehead atoms. The zero-order chi connectivity index (χ0) is 11.8. The summed E-state index contributed by atoms with van der Waals surface area (Å²) >= 11 is 0. The molecule has 0 fully saturated rings. The highest BCUT2D eigenvalue weighted by Gasteiger charge is 2.23. The predicted octanol–water partition coefficient (Wildman–Crippen LogP) is 2.92. The Morgan fingerprint density at radius 1 is 1.00 bits per heavy atom. The first-order valence-electron chi connectivity index (χ1n) is 5.36. The van der Waals surface area contributed by atoms with Crippen LogP contribution in [0.5, 0.6) is 17.2 Å². The number of hydrogen-bond acceptors (Lipinski definition) is 3. The summed E-state index contributed by atoms with van der Waals surface area (Å²) in [5.74, 6) is 0.938. The number of phenols is 1. The minimum Gasteiger partial charge on any atom is -0.507 e. The van der Waals surface area contributed by atoms with E-state index in [-0.39, 0.29) is 23.5 Å². The van der Waals surface area contributed by atoms with Crippen LogP contribution in [0.25, 0.3) is 0 Å². The molecule has 1 N–H and O–H groups in total. The van der Waals surface area contributed by atoms with Gasteiger partial charge in [-0.15, -0.1) is 0 Å². The molecule has 0 unspecified atom stereocenters. The molecule has 0 spiro atoms. The minimum atomic E-state index is -0.122. The number of phenolic OH excluding ortho intramolecular Hbond substituents is 1. The summed E-state index contributed by atoms with van der Waals surface area (Å²) in [5.41, 5.74) is 1.11. The van der Waals surface area contributed by atoms with Gasteiger partial charge in [0.2, 0.25) is 0 Å². The number of fused-ring (bicyclic) bond motifs is 2. The highest BCUT2D eigenvalue weighted by Crippen LogP contribution is 2.37. The van der Waals surface area contributed by atoms with Crippen molar-refractivity contribution in [2.45, 2.75) is 6.42 Å². The van der Waals surface area contributed by atoms with Crippen LogP contribution in [0.3, 0.4) is 0 Å². The fourth-order valence-corrected chi connectivity index (χ4v) is 2.01. The lowest BCUT2D eigenvalue weighted by Gasteiger charge is -2.08. The number of ether oxygens (including phenoxy) is 1. The van der Waals surface area contributed by atoms with Crippen molar-refractivity contribution in [2.75, 3.05) is 0 Å². The van der Waals surface area contributed by atoms with Crippen LogP contribution in [0.4, 0.5) is 0 Å². The minimum absolute atomic E-state index is 0.0275. The Hall–Kier alpha value is -2.29. The van der Waals surface area contributed by atoms with Crippen molar-refractivity contribution in [3.8, 4) is 17.2 Å². The Labute approximate surface area is 98.3 Å². The molecule has 0 aromatic heterocycles. The SMILES string of the molecule is O=C1Cc2ccccc2Oc2cccc(O)c21. The molecule has 3 heteroatoms. The van der Waals surface area contributed by atoms with Gasteiger partial charge in [0.1, 0.15) is 22.8 Å². The van der Waals surface area contributed by atoms with Gasteiger partial charge in [-0.3, -0.25) is 4.79 Å². The van der Waals surface area contributed by atoms with Gasteiger partial charge in [-0.25, -0.2) is 0 Å². The second kappa shape index (κ2) is 3.63. The Balaban J connectivity index is 2.21. The molecule has 3 nitrogen and oxygen atoms in total. The lowest BCUT2D eigenvalue weighted by molar-refractivity contribution is 0.0991. The Kier molecular flexibility index (Phi) is 2.11. The third-order valence-corrected chi connectivity index (χ3v) is 2.83. The summed E-state index contributed by atoms with van der Waals surface area (Å²) in [7, 11) is 0. The first-order valence-corrected chi connectivity index (χ1v) is 5.36. The molecule has 0 saturated heterocycles. The number of aromatic hydroxyl groups is 1. The Bertz CT molecular complexity index is 602. The maximum absolute atomic E-state index is 12.0. The van der Waals surface area contributed by atoms with E-state index in [1.165, 1.54) is 6.07 Å². The number of para-hydroxylation sites is 1. The van der Waals surface area contributed by atoms with Gasteiger partial charge in [0.15, 0.2) is 5.78 Å². The van der Waals surface area contributed by atoms with Crippen molar-refractivity contribution < 1.29 is 14.6 Å². The van der Waals surface area contributed by atoms with E-state index in [0.29, 0.717) is 11.5 Å². The van der Waals surface area contributed by atoms with E-state index >= 15 is 0 Å². The first kappa shape index (κ1) is 9.90. The van der Waals surface area contributed by atoms with Crippen LogP contribution < -0.4 is 4.74 Å². The molecular weight excluding hydrogens is 216 g/mol. The molecule has 0 radical (unpaired) electrons. The molecule has 1 aliphatic rings. The number of Topliss-reactive ketones (excluding diaryl/α,β-unsaturated/α-hetero) is 1. The van der Waals surface area contributed by atoms with Crippen LogP contribution in [0.15, 0.2) is 42.5 Å². The second-order valence-electron chi connectivity index (χ2n) is 3.96. The standard InChI is InChI=1S/C14H10O3/c15-10-5-3-7-13-14(10)11(16)8-9-4-1-2-6-12(9)17-13/h1-7,15H,8H2. The van der Waals surface area contributed by atoms with Crippen molar-refractivity contribution in [1.29, 1.82) is 0 Å². The van der Waals surface area contributed by atoms with E-state index in [0.717, 1.165) is 5.56 Å². The highest BCUT2D eigenvalue weighted by molar-refractivity contribution is 6.03. The number of rotatable bonds is 0. The summed E-state index contributed by atoms with van der Waals surface area (Å²) in [6.45, 7) is 0. The fourth-order valence-electron chi connectivity index (χ4n) is 2.01. The lowest BCUT2D eigenvalue weighted by Crippen LogP contribution is -2.01. The molecular formula is C14H10O3. The summed E-state index contributed by atoms with van der Waals surface area (Å²) < 4.78 is 5.67. The zero-order valence-electron chi connectivity index (χ0n) is 9.01. The van der Waals surface area contributed by atoms with Crippen molar-refractivity contribution in [2.24, 2.45) is 0 Å². The molecule has 17 heavy (non-hydrogen) atoms. The quantitative estimate of drug-likeness (QED) is 0.751. The van der Waals surface area contributed by atoms with Gasteiger partial charge < -0.3 is 9.84 Å². The maximum atomic E-state index is 12.0. The van der Waals surface area contributed by atoms with Gasteiger partial charge >= 0.3 is 0 Å². The molecule has 2 aromatic carbocycles. The van der Waals surface area contributed by atoms with Gasteiger partial charge in [-0.05, 0) is 18.2 Å². The molecule has 1 aliphatic heterocycles. The van der Waals surface area contributed by atoms with Gasteiger partial charge in [-0.2, -0.15) is 0 Å². The second-order valence-corrected chi connectivity index (χ2v) is 3.96. The highest BCUT2D eigenvalue weighted by atomic mass is 16.5. The molecule has 2 aromatic rings. The predicted molar refractivity (Wildman–Crippen MR) is 62.7 cm³/mol. The molecule has 0 atom stereocenters. The number of hydrogen-bond donors (Lipinski definition) is 1. The van der Waals surface area contributed by atoms with Crippen LogP contribution in [0.2, 0.25) is 0 Å². The summed E-state index contributed by atoms with van der Waals surface area (Å²) in [4.78, 5) is 12.0. The van der Waals surface area contributed by atoms with Crippen LogP contribution in [0, 0.1) is 0 Å². The molecule has 3 rings (SSSR count). The van der Waals surface area contributed by atoms with Crippen LogP contribution in [-0.4, -0.2) is 10.9 Å². The molecule has 0 saturated carbocycles. The first-order chi connectivity index (χ1) is 8.25. The van der Waals surface area contributed by atoms with Gasteiger partial charge in [0.05, 0.1) is 0 Å².